The first-order chi connectivity index (χ1) is 47.5. The third-order valence-corrected chi connectivity index (χ3v) is 18.6. The molecule has 0 spiro atoms. The maximum absolute atomic E-state index is 13.8. The van der Waals surface area contributed by atoms with E-state index in [0.29, 0.717) is 47.5 Å². The van der Waals surface area contributed by atoms with Crippen LogP contribution in [0.1, 0.15) is 141 Å². The van der Waals surface area contributed by atoms with Gasteiger partial charge in [0.15, 0.2) is 0 Å². The number of alkyl halides is 11. The molecule has 3 heterocycles. The molecule has 1 unspecified atom stereocenters. The van der Waals surface area contributed by atoms with Gasteiger partial charge in [0, 0.05) is 118 Å². The predicted molar refractivity (Wildman–Crippen MR) is 372 cm³/mol. The van der Waals surface area contributed by atoms with Crippen molar-refractivity contribution in [3.05, 3.63) is 225 Å². The van der Waals surface area contributed by atoms with Crippen LogP contribution >= 0.6 is 11.6 Å². The number of unbranched alkanes of at least 4 members (excludes halogenated alkanes) is 1. The topological polar surface area (TPSA) is 104 Å². The normalized spacial score (nSPS) is 15.9. The summed E-state index contributed by atoms with van der Waals surface area (Å²) in [5.74, 6) is -3.14. The van der Waals surface area contributed by atoms with Crippen LogP contribution in [0, 0.1) is 0 Å². The van der Waals surface area contributed by atoms with E-state index < -0.39 is 47.2 Å². The van der Waals surface area contributed by atoms with E-state index in [1.54, 1.807) is 12.1 Å². The van der Waals surface area contributed by atoms with Crippen LogP contribution in [-0.4, -0.2) is 112 Å². The van der Waals surface area contributed by atoms with Gasteiger partial charge in [-0.25, -0.2) is 18.4 Å². The fourth-order valence-corrected chi connectivity index (χ4v) is 13.0. The average molecular weight is 1420 g/mol. The Labute approximate surface area is 584 Å². The number of nitrogens with zero attached hydrogens (tertiary/aromatic N) is 5. The van der Waals surface area contributed by atoms with Crippen LogP contribution in [0.25, 0.3) is 11.1 Å². The minimum Gasteiger partial charge on any atom is -0.335 e. The summed E-state index contributed by atoms with van der Waals surface area (Å²) in [4.78, 5) is 50.0. The predicted octanol–water partition coefficient (Wildman–Crippen LogP) is 19.9. The minimum absolute atomic E-state index is 0.0126. The van der Waals surface area contributed by atoms with Crippen LogP contribution in [0.4, 0.5) is 69.3 Å². The lowest BCUT2D eigenvalue weighted by molar-refractivity contribution is -0.143. The second kappa shape index (κ2) is 36.0. The summed E-state index contributed by atoms with van der Waals surface area (Å²) < 4.78 is 146. The van der Waals surface area contributed by atoms with Gasteiger partial charge in [0.05, 0.1) is 16.7 Å². The van der Waals surface area contributed by atoms with E-state index in [4.69, 9.17) is 11.6 Å². The molecule has 100 heavy (non-hydrogen) atoms. The van der Waals surface area contributed by atoms with Crippen LogP contribution < -0.4 is 16.0 Å². The Morgan fingerprint density at radius 3 is 1.60 bits per heavy atom. The molecule has 0 bridgehead atoms. The average Bonchev–Trinajstić information content (AvgIpc) is 0.794. The quantitative estimate of drug-likeness (QED) is 0.0657. The van der Waals surface area contributed by atoms with Gasteiger partial charge in [-0.05, 0) is 165 Å². The van der Waals surface area contributed by atoms with E-state index in [9.17, 15) is 62.7 Å². The zero-order valence-corrected chi connectivity index (χ0v) is 57.4. The Morgan fingerprint density at radius 1 is 0.510 bits per heavy atom. The summed E-state index contributed by atoms with van der Waals surface area (Å²) in [5.41, 5.74) is 0.286. The second-order valence-corrected chi connectivity index (χ2v) is 26.4. The minimum atomic E-state index is -4.93. The smallest absolute Gasteiger partial charge is 0.335 e. The van der Waals surface area contributed by atoms with Gasteiger partial charge >= 0.3 is 30.6 Å². The second-order valence-electron chi connectivity index (χ2n) is 26.0. The molecule has 10 rings (SSSR count). The third-order valence-electron chi connectivity index (χ3n) is 18.3. The van der Waals surface area contributed by atoms with E-state index in [0.717, 1.165) is 139 Å². The highest BCUT2D eigenvalue weighted by Crippen LogP contribution is 2.40. The molecule has 23 heteroatoms. The Kier molecular flexibility index (Phi) is 28.0. The number of urea groups is 2. The van der Waals surface area contributed by atoms with Crippen molar-refractivity contribution in [3.63, 3.8) is 0 Å². The molecule has 3 aliphatic rings. The number of anilines is 2. The highest BCUT2D eigenvalue weighted by Gasteiger charge is 2.38. The largest absolute Gasteiger partial charge is 0.416 e. The fourth-order valence-electron chi connectivity index (χ4n) is 12.8. The third kappa shape index (κ3) is 23.8. The Bertz CT molecular complexity index is 3670. The number of benzene rings is 7. The molecule has 3 aliphatic heterocycles. The van der Waals surface area contributed by atoms with E-state index in [2.05, 4.69) is 51.4 Å². The van der Waals surface area contributed by atoms with Crippen molar-refractivity contribution in [2.45, 2.75) is 160 Å². The molecule has 0 saturated carbocycles. The summed E-state index contributed by atoms with van der Waals surface area (Å²) in [5, 5.41) is 8.91. The zero-order chi connectivity index (χ0) is 72.2. The highest BCUT2D eigenvalue weighted by atomic mass is 35.5. The van der Waals surface area contributed by atoms with Gasteiger partial charge in [-0.2, -0.15) is 39.5 Å². The van der Waals surface area contributed by atoms with Gasteiger partial charge in [-0.1, -0.05) is 141 Å². The van der Waals surface area contributed by atoms with Gasteiger partial charge in [0.2, 0.25) is 0 Å². The van der Waals surface area contributed by atoms with Gasteiger partial charge in [-0.15, -0.1) is 0 Å². The molecule has 1 atom stereocenters. The number of amides is 5. The zero-order valence-electron chi connectivity index (χ0n) is 56.7. The Hall–Kier alpha value is -8.05. The fraction of sp³-hybridized carbons (Fsp3) is 0.416. The number of carbonyl (C=O) groups is 3. The first-order valence-corrected chi connectivity index (χ1v) is 34.4. The number of piperidine rings is 3. The Balaban J connectivity index is 0.000000196. The molecule has 3 fully saturated rings. The van der Waals surface area contributed by atoms with Crippen LogP contribution in [0.15, 0.2) is 176 Å². The first-order valence-electron chi connectivity index (χ1n) is 34.1. The number of carbonyl (C=O) groups excluding carboxylic acids is 3. The van der Waals surface area contributed by atoms with Gasteiger partial charge < -0.3 is 35.6 Å². The molecule has 0 aromatic heterocycles. The number of nitrogens with one attached hydrogen (secondary N) is 3. The molecular formula is C77H88ClF11N8O3. The molecule has 3 N–H and O–H groups in total. The molecule has 3 saturated heterocycles. The molecule has 0 aliphatic carbocycles. The molecule has 7 aromatic rings. The standard InChI is InChI=1S/C32H35F6N3O.C25H32F2N2O.C20H21ClF3N3O/c1-3-7-22(2)40-16-14-29(15-17-40)41(21-23-8-5-4-6-9-23)30(42)39-28-12-10-24(11-13-28)25-18-26(31(33,34)35)20-27(19-25)32(36,37)38;1-3-4-15-28-16-13-23(14-17-28)29(19-20-9-6-5-7-10-20)24(30)21-11-8-12-22(18-21)25(2,26)27;21-16-5-1-3-14(11-16)13-27-9-7-17(8-10-27)25-19(28)26-18-6-2-4-15(12-18)20(22,23)24/h4-6,8-13,18-20,22,29H,3,7,14-17,21H2,1-2H3,(H,39,42);5-12,18,23H,3-4,13-17,19H2,1-2H3;1-6,11-12,17H,7-10,13H2,(H2,25,26,28). The van der Waals surface area contributed by atoms with Gasteiger partial charge in [-0.3, -0.25) is 9.69 Å². The number of hydrogen-bond donors (Lipinski definition) is 3. The van der Waals surface area contributed by atoms with Crippen LogP contribution in [0.3, 0.4) is 0 Å². The van der Waals surface area contributed by atoms with Crippen molar-refractivity contribution in [1.82, 2.24) is 29.8 Å². The van der Waals surface area contributed by atoms with E-state index >= 15 is 0 Å². The molecule has 538 valence electrons. The number of halogens is 12. The molecule has 0 radical (unpaired) electrons. The number of hydrogen-bond acceptors (Lipinski definition) is 6. The van der Waals surface area contributed by atoms with Crippen molar-refractivity contribution in [1.29, 1.82) is 0 Å². The van der Waals surface area contributed by atoms with Gasteiger partial charge in [0.25, 0.3) is 11.8 Å². The highest BCUT2D eigenvalue weighted by molar-refractivity contribution is 6.30. The lowest BCUT2D eigenvalue weighted by atomic mass is 9.99. The Morgan fingerprint density at radius 2 is 1.04 bits per heavy atom. The molecule has 11 nitrogen and oxygen atoms in total. The lowest BCUT2D eigenvalue weighted by Crippen LogP contribution is -2.50. The monoisotopic (exact) mass is 1420 g/mol. The summed E-state index contributed by atoms with van der Waals surface area (Å²) in [6, 6.07) is 44.8. The molecule has 7 aromatic carbocycles. The number of rotatable bonds is 20. The summed E-state index contributed by atoms with van der Waals surface area (Å²) in [6.45, 7) is 15.6. The summed E-state index contributed by atoms with van der Waals surface area (Å²) >= 11 is 6.01. The SMILES string of the molecule is CCCC(C)N1CCC(N(Cc2ccccc2)C(=O)Nc2ccc(-c3cc(C(F)(F)F)cc(C(F)(F)F)c3)cc2)CC1.CCCCN1CCC(N(Cc2ccccc2)C(=O)c2cccc(C(C)(F)F)c2)CC1.O=C(Nc1cccc(C(F)(F)F)c1)NC1CCN(Cc2cccc(Cl)c2)CC1. The van der Waals surface area contributed by atoms with Gasteiger partial charge in [0.1, 0.15) is 0 Å². The van der Waals surface area contributed by atoms with Crippen molar-refractivity contribution < 1.29 is 62.7 Å². The van der Waals surface area contributed by atoms with Crippen molar-refractivity contribution in [2.75, 3.05) is 56.4 Å². The molecular weight excluding hydrogens is 1330 g/mol. The first kappa shape index (κ1) is 77.7. The van der Waals surface area contributed by atoms with Crippen molar-refractivity contribution >= 4 is 40.9 Å². The van der Waals surface area contributed by atoms with Crippen molar-refractivity contribution in [3.8, 4) is 11.1 Å². The van der Waals surface area contributed by atoms with E-state index in [1.807, 2.05) is 94.7 Å². The van der Waals surface area contributed by atoms with Crippen molar-refractivity contribution in [2.24, 2.45) is 0 Å². The maximum atomic E-state index is 13.8. The number of likely N-dealkylation sites (tertiary alicyclic amines) is 3. The van der Waals surface area contributed by atoms with E-state index in [1.165, 1.54) is 61.4 Å². The van der Waals surface area contributed by atoms with Crippen LogP contribution in [0.5, 0.6) is 0 Å². The van der Waals surface area contributed by atoms with Crippen LogP contribution in [0.2, 0.25) is 5.02 Å². The summed E-state index contributed by atoms with van der Waals surface area (Å²) in [7, 11) is 0. The maximum Gasteiger partial charge on any atom is 0.416 e. The summed E-state index contributed by atoms with van der Waals surface area (Å²) in [6.07, 6.45) is -4.70. The lowest BCUT2D eigenvalue weighted by Gasteiger charge is -2.40. The van der Waals surface area contributed by atoms with E-state index in [-0.39, 0.29) is 58.5 Å². The molecule has 5 amide bonds. The van der Waals surface area contributed by atoms with Crippen LogP contribution in [-0.2, 0) is 44.1 Å².